The molecule has 1 aliphatic heterocycles. The smallest absolute Gasteiger partial charge is 0.223 e. The van der Waals surface area contributed by atoms with Crippen molar-refractivity contribution in [2.45, 2.75) is 32.7 Å². The van der Waals surface area contributed by atoms with Crippen LogP contribution >= 0.6 is 0 Å². The van der Waals surface area contributed by atoms with E-state index in [0.29, 0.717) is 12.0 Å². The molecule has 1 fully saturated rings. The van der Waals surface area contributed by atoms with Gasteiger partial charge in [-0.15, -0.1) is 0 Å². The molecule has 0 aromatic carbocycles. The highest BCUT2D eigenvalue weighted by Crippen LogP contribution is 2.24. The van der Waals surface area contributed by atoms with Gasteiger partial charge >= 0.3 is 0 Å². The Hall–Kier alpha value is -2.80. The van der Waals surface area contributed by atoms with E-state index in [2.05, 4.69) is 38.4 Å². The number of hydrogen-bond donors (Lipinski definition) is 1. The van der Waals surface area contributed by atoms with Gasteiger partial charge in [-0.1, -0.05) is 6.08 Å². The SMILES string of the molecule is C/C=C(/c1ccc2nccn2n1)c1cnc(NC2CCN(C)CC2)nc1C. The minimum Gasteiger partial charge on any atom is -0.351 e. The number of nitrogens with zero attached hydrogens (tertiary/aromatic N) is 6. The van der Waals surface area contributed by atoms with Crippen LogP contribution in [0, 0.1) is 6.92 Å². The van der Waals surface area contributed by atoms with Gasteiger partial charge in [-0.25, -0.2) is 19.5 Å². The molecule has 0 atom stereocenters. The first-order valence-electron chi connectivity index (χ1n) is 9.40. The van der Waals surface area contributed by atoms with Crippen LogP contribution < -0.4 is 5.32 Å². The molecule has 0 amide bonds. The van der Waals surface area contributed by atoms with Gasteiger partial charge in [-0.2, -0.15) is 5.10 Å². The maximum absolute atomic E-state index is 4.71. The fourth-order valence-electron chi connectivity index (χ4n) is 3.54. The van der Waals surface area contributed by atoms with Gasteiger partial charge in [0.2, 0.25) is 5.95 Å². The van der Waals surface area contributed by atoms with Crippen molar-refractivity contribution in [3.63, 3.8) is 0 Å². The molecule has 27 heavy (non-hydrogen) atoms. The third-order valence-corrected chi connectivity index (χ3v) is 5.14. The number of imidazole rings is 1. The number of nitrogens with one attached hydrogen (secondary N) is 1. The van der Waals surface area contributed by atoms with Crippen molar-refractivity contribution >= 4 is 17.2 Å². The van der Waals surface area contributed by atoms with E-state index in [1.165, 1.54) is 0 Å². The van der Waals surface area contributed by atoms with Crippen LogP contribution in [-0.4, -0.2) is 55.6 Å². The first-order valence-corrected chi connectivity index (χ1v) is 9.40. The van der Waals surface area contributed by atoms with Crippen molar-refractivity contribution in [2.75, 3.05) is 25.5 Å². The summed E-state index contributed by atoms with van der Waals surface area (Å²) in [4.78, 5) is 15.9. The number of fused-ring (bicyclic) bond motifs is 1. The van der Waals surface area contributed by atoms with Gasteiger partial charge in [0.15, 0.2) is 5.65 Å². The van der Waals surface area contributed by atoms with Gasteiger partial charge in [0, 0.05) is 35.8 Å². The molecule has 7 nitrogen and oxygen atoms in total. The third kappa shape index (κ3) is 3.68. The van der Waals surface area contributed by atoms with E-state index in [9.17, 15) is 0 Å². The molecule has 0 aliphatic carbocycles. The maximum Gasteiger partial charge on any atom is 0.223 e. The van der Waals surface area contributed by atoms with Gasteiger partial charge in [0.25, 0.3) is 0 Å². The quantitative estimate of drug-likeness (QED) is 0.769. The Morgan fingerprint density at radius 3 is 2.78 bits per heavy atom. The standard InChI is InChI=1S/C20H25N7/c1-4-16(18-5-6-19-21-9-12-27(19)25-18)17-13-22-20(23-14(17)2)24-15-7-10-26(3)11-8-15/h4-6,9,12-13,15H,7-8,10-11H2,1-3H3,(H,22,23,24)/b16-4+. The summed E-state index contributed by atoms with van der Waals surface area (Å²) >= 11 is 0. The van der Waals surface area contributed by atoms with Gasteiger partial charge < -0.3 is 10.2 Å². The molecular formula is C20H25N7. The summed E-state index contributed by atoms with van der Waals surface area (Å²) in [5.74, 6) is 0.708. The summed E-state index contributed by atoms with van der Waals surface area (Å²) < 4.78 is 1.78. The van der Waals surface area contributed by atoms with Crippen LogP contribution in [0.4, 0.5) is 5.95 Å². The van der Waals surface area contributed by atoms with Crippen molar-refractivity contribution in [2.24, 2.45) is 0 Å². The van der Waals surface area contributed by atoms with Crippen LogP contribution in [-0.2, 0) is 0 Å². The second-order valence-electron chi connectivity index (χ2n) is 7.07. The number of hydrogen-bond acceptors (Lipinski definition) is 6. The summed E-state index contributed by atoms with van der Waals surface area (Å²) in [5, 5.41) is 8.15. The van der Waals surface area contributed by atoms with Crippen LogP contribution in [0.5, 0.6) is 0 Å². The lowest BCUT2D eigenvalue weighted by molar-refractivity contribution is 0.263. The number of likely N-dealkylation sites (tertiary alicyclic amines) is 1. The first kappa shape index (κ1) is 17.6. The Balaban J connectivity index is 1.57. The number of allylic oxidation sites excluding steroid dienone is 1. The normalized spacial score (nSPS) is 16.8. The molecular weight excluding hydrogens is 338 g/mol. The Morgan fingerprint density at radius 2 is 2.04 bits per heavy atom. The predicted octanol–water partition coefficient (Wildman–Crippen LogP) is 2.79. The summed E-state index contributed by atoms with van der Waals surface area (Å²) in [7, 11) is 2.17. The number of anilines is 1. The Bertz CT molecular complexity index is 967. The van der Waals surface area contributed by atoms with Crippen LogP contribution in [0.3, 0.4) is 0 Å². The molecule has 0 unspecified atom stereocenters. The lowest BCUT2D eigenvalue weighted by Crippen LogP contribution is -2.37. The highest BCUT2D eigenvalue weighted by atomic mass is 15.2. The summed E-state index contributed by atoms with van der Waals surface area (Å²) in [6, 6.07) is 4.40. The molecule has 0 saturated carbocycles. The van der Waals surface area contributed by atoms with E-state index in [4.69, 9.17) is 4.98 Å². The minimum absolute atomic E-state index is 0.443. The van der Waals surface area contributed by atoms with Crippen molar-refractivity contribution in [3.05, 3.63) is 53.8 Å². The van der Waals surface area contributed by atoms with Gasteiger partial charge in [0.05, 0.1) is 11.4 Å². The molecule has 1 aliphatic rings. The van der Waals surface area contributed by atoms with Crippen molar-refractivity contribution in [1.29, 1.82) is 0 Å². The van der Waals surface area contributed by atoms with Gasteiger partial charge in [-0.3, -0.25) is 0 Å². The van der Waals surface area contributed by atoms with Gasteiger partial charge in [-0.05, 0) is 59.0 Å². The van der Waals surface area contributed by atoms with Crippen LogP contribution in [0.2, 0.25) is 0 Å². The van der Waals surface area contributed by atoms with E-state index in [1.807, 2.05) is 38.4 Å². The van der Waals surface area contributed by atoms with Crippen LogP contribution in [0.25, 0.3) is 11.2 Å². The Morgan fingerprint density at radius 1 is 1.22 bits per heavy atom. The first-order chi connectivity index (χ1) is 13.1. The molecule has 4 rings (SSSR count). The highest BCUT2D eigenvalue weighted by molar-refractivity contribution is 5.78. The molecule has 140 valence electrons. The van der Waals surface area contributed by atoms with Crippen LogP contribution in [0.1, 0.15) is 36.7 Å². The number of piperidine rings is 1. The van der Waals surface area contributed by atoms with Crippen LogP contribution in [0.15, 0.2) is 36.8 Å². The molecule has 3 aromatic heterocycles. The monoisotopic (exact) mass is 363 g/mol. The summed E-state index contributed by atoms with van der Waals surface area (Å²) in [6.07, 6.45) is 9.80. The fourth-order valence-corrected chi connectivity index (χ4v) is 3.54. The second-order valence-corrected chi connectivity index (χ2v) is 7.07. The molecule has 3 aromatic rings. The van der Waals surface area contributed by atoms with E-state index in [0.717, 1.165) is 54.1 Å². The van der Waals surface area contributed by atoms with Crippen molar-refractivity contribution in [1.82, 2.24) is 29.5 Å². The minimum atomic E-state index is 0.443. The maximum atomic E-state index is 4.71. The zero-order chi connectivity index (χ0) is 18.8. The molecule has 1 saturated heterocycles. The topological polar surface area (TPSA) is 71.2 Å². The lowest BCUT2D eigenvalue weighted by atomic mass is 10.0. The van der Waals surface area contributed by atoms with Crippen molar-refractivity contribution in [3.8, 4) is 0 Å². The van der Waals surface area contributed by atoms with E-state index >= 15 is 0 Å². The van der Waals surface area contributed by atoms with Gasteiger partial charge in [0.1, 0.15) is 0 Å². The predicted molar refractivity (Wildman–Crippen MR) is 107 cm³/mol. The van der Waals surface area contributed by atoms with Crippen molar-refractivity contribution < 1.29 is 0 Å². The largest absolute Gasteiger partial charge is 0.351 e. The summed E-state index contributed by atoms with van der Waals surface area (Å²) in [6.45, 7) is 6.26. The zero-order valence-electron chi connectivity index (χ0n) is 16.1. The zero-order valence-corrected chi connectivity index (χ0v) is 16.1. The van der Waals surface area contributed by atoms with E-state index < -0.39 is 0 Å². The average molecular weight is 363 g/mol. The number of aryl methyl sites for hydroxylation is 1. The molecule has 0 radical (unpaired) electrons. The average Bonchev–Trinajstić information content (AvgIpc) is 3.14. The Kier molecular flexibility index (Phi) is 4.85. The molecule has 4 heterocycles. The fraction of sp³-hybridized carbons (Fsp3) is 0.400. The molecule has 0 spiro atoms. The van der Waals surface area contributed by atoms with E-state index in [-0.39, 0.29) is 0 Å². The molecule has 1 N–H and O–H groups in total. The van der Waals surface area contributed by atoms with E-state index in [1.54, 1.807) is 10.7 Å². The Labute approximate surface area is 159 Å². The summed E-state index contributed by atoms with van der Waals surface area (Å²) in [5.41, 5.74) is 4.68. The molecule has 7 heteroatoms. The number of aromatic nitrogens is 5. The third-order valence-electron chi connectivity index (χ3n) is 5.14. The second kappa shape index (κ2) is 7.44. The lowest BCUT2D eigenvalue weighted by Gasteiger charge is -2.29. The number of rotatable bonds is 4. The molecule has 0 bridgehead atoms. The highest BCUT2D eigenvalue weighted by Gasteiger charge is 2.18.